The number of carbonyl (C=O) groups is 2. The van der Waals surface area contributed by atoms with Gasteiger partial charge in [0.15, 0.2) is 0 Å². The number of hydrogen-bond donors (Lipinski definition) is 2. The Balaban J connectivity index is 1.69. The molecule has 2 aromatic carbocycles. The Morgan fingerprint density at radius 3 is 2.50 bits per heavy atom. The van der Waals surface area contributed by atoms with Crippen LogP contribution in [-0.2, 0) is 23.8 Å². The van der Waals surface area contributed by atoms with Gasteiger partial charge >= 0.3 is 11.9 Å². The second-order valence-electron chi connectivity index (χ2n) is 11.7. The number of cyclic esters (lactones) is 1. The van der Waals surface area contributed by atoms with Crippen LogP contribution in [0, 0.1) is 20.8 Å². The largest absolute Gasteiger partial charge is 0.463 e. The maximum atomic E-state index is 14.0. The lowest BCUT2D eigenvalue weighted by molar-refractivity contribution is -0.147. The highest BCUT2D eigenvalue weighted by atomic mass is 16.5. The molecular formula is C33H38N2O5. The number of benzene rings is 2. The van der Waals surface area contributed by atoms with E-state index in [0.29, 0.717) is 23.3 Å². The Bertz CT molecular complexity index is 1530. The van der Waals surface area contributed by atoms with E-state index in [0.717, 1.165) is 38.9 Å². The third-order valence-electron chi connectivity index (χ3n) is 7.53. The van der Waals surface area contributed by atoms with E-state index in [1.54, 1.807) is 6.92 Å². The molecule has 3 aromatic rings. The van der Waals surface area contributed by atoms with Crippen molar-refractivity contribution >= 4 is 22.8 Å². The van der Waals surface area contributed by atoms with Gasteiger partial charge in [0.05, 0.1) is 41.6 Å². The lowest BCUT2D eigenvalue weighted by Gasteiger charge is -2.38. The van der Waals surface area contributed by atoms with Gasteiger partial charge in [-0.2, -0.15) is 0 Å². The summed E-state index contributed by atoms with van der Waals surface area (Å²) in [5.74, 6) is -1.60. The van der Waals surface area contributed by atoms with Gasteiger partial charge in [0, 0.05) is 29.2 Å². The van der Waals surface area contributed by atoms with Gasteiger partial charge in [0.1, 0.15) is 6.10 Å². The number of aromatic nitrogens is 1. The van der Waals surface area contributed by atoms with E-state index in [1.165, 1.54) is 5.56 Å². The highest BCUT2D eigenvalue weighted by Crippen LogP contribution is 2.47. The first-order chi connectivity index (χ1) is 19.0. The highest BCUT2D eigenvalue weighted by Gasteiger charge is 2.44. The van der Waals surface area contributed by atoms with Crippen molar-refractivity contribution in [1.82, 2.24) is 10.3 Å². The Hall–Kier alpha value is -3.84. The Morgan fingerprint density at radius 2 is 1.82 bits per heavy atom. The number of aryl methyl sites for hydroxylation is 3. The summed E-state index contributed by atoms with van der Waals surface area (Å²) in [5, 5.41) is 4.39. The van der Waals surface area contributed by atoms with Gasteiger partial charge in [-0.3, -0.25) is 0 Å². The fourth-order valence-corrected chi connectivity index (χ4v) is 6.02. The van der Waals surface area contributed by atoms with Crippen LogP contribution in [0.3, 0.4) is 0 Å². The fourth-order valence-electron chi connectivity index (χ4n) is 6.02. The summed E-state index contributed by atoms with van der Waals surface area (Å²) in [6.07, 6.45) is 1.87. The number of fused-ring (bicyclic) bond motifs is 1. The molecule has 210 valence electrons. The molecule has 0 amide bonds. The normalized spacial score (nSPS) is 19.4. The molecule has 5 rings (SSSR count). The van der Waals surface area contributed by atoms with Crippen LogP contribution >= 0.6 is 0 Å². The molecule has 7 heteroatoms. The predicted octanol–water partition coefficient (Wildman–Crippen LogP) is 6.35. The number of dihydropyridines is 1. The van der Waals surface area contributed by atoms with Gasteiger partial charge in [-0.1, -0.05) is 29.8 Å². The summed E-state index contributed by atoms with van der Waals surface area (Å²) < 4.78 is 17.9. The van der Waals surface area contributed by atoms with Gasteiger partial charge in [-0.25, -0.2) is 9.59 Å². The van der Waals surface area contributed by atoms with Crippen molar-refractivity contribution in [3.8, 4) is 0 Å². The predicted molar refractivity (Wildman–Crippen MR) is 155 cm³/mol. The van der Waals surface area contributed by atoms with Crippen molar-refractivity contribution in [2.75, 3.05) is 13.2 Å². The number of carbonyl (C=O) groups excluding carboxylic acids is 2. The molecule has 0 aliphatic carbocycles. The monoisotopic (exact) mass is 542 g/mol. The molecule has 0 spiro atoms. The van der Waals surface area contributed by atoms with Crippen LogP contribution in [0.4, 0.5) is 0 Å². The van der Waals surface area contributed by atoms with Gasteiger partial charge in [-0.15, -0.1) is 0 Å². The van der Waals surface area contributed by atoms with Crippen molar-refractivity contribution < 1.29 is 23.8 Å². The molecule has 1 aromatic heterocycles. The molecule has 2 aliphatic rings. The van der Waals surface area contributed by atoms with Crippen molar-refractivity contribution in [3.05, 3.63) is 93.0 Å². The third-order valence-corrected chi connectivity index (χ3v) is 7.53. The number of esters is 2. The number of H-pyrrole nitrogens is 1. The van der Waals surface area contributed by atoms with Crippen LogP contribution in [0.5, 0.6) is 0 Å². The molecule has 0 bridgehead atoms. The molecule has 2 aliphatic heterocycles. The summed E-state index contributed by atoms with van der Waals surface area (Å²) in [7, 11) is 0. The molecule has 3 heterocycles. The molecule has 0 fully saturated rings. The number of rotatable bonds is 6. The van der Waals surface area contributed by atoms with E-state index in [4.69, 9.17) is 14.2 Å². The lowest BCUT2D eigenvalue weighted by Crippen LogP contribution is -2.39. The SMILES string of the molecule is CCOC(=O)C1=C(COC(C)(C)C)NC2=C(C(=O)OC(c3c(C)cc(C)cc3C)C2)C1c1cccc2[nH]ccc12. The standard InChI is InChI=1S/C33H38N2O5/c1-8-38-31(36)30-25(17-39-33(5,6)7)35-24-16-26(27-19(3)14-18(2)15-20(27)4)40-32(37)29(24)28(30)22-10-9-11-23-21(22)12-13-34-23/h9-15,26,28,34-35H,8,16-17H2,1-7H3. The van der Waals surface area contributed by atoms with Crippen molar-refractivity contribution in [1.29, 1.82) is 0 Å². The Labute approximate surface area is 235 Å². The van der Waals surface area contributed by atoms with Gasteiger partial charge < -0.3 is 24.5 Å². The first-order valence-corrected chi connectivity index (χ1v) is 13.9. The van der Waals surface area contributed by atoms with Crippen molar-refractivity contribution in [3.63, 3.8) is 0 Å². The summed E-state index contributed by atoms with van der Waals surface area (Å²) in [6, 6.07) is 12.1. The average Bonchev–Trinajstić information content (AvgIpc) is 3.35. The maximum Gasteiger partial charge on any atom is 0.337 e. The molecule has 2 atom stereocenters. The molecule has 2 N–H and O–H groups in total. The molecule has 0 saturated carbocycles. The zero-order chi connectivity index (χ0) is 28.8. The number of aromatic amines is 1. The van der Waals surface area contributed by atoms with Crippen LogP contribution < -0.4 is 5.32 Å². The first-order valence-electron chi connectivity index (χ1n) is 13.9. The molecule has 0 radical (unpaired) electrons. The Kier molecular flexibility index (Phi) is 7.36. The van der Waals surface area contributed by atoms with Crippen LogP contribution in [0.25, 0.3) is 10.9 Å². The summed E-state index contributed by atoms with van der Waals surface area (Å²) in [6.45, 7) is 14.2. The van der Waals surface area contributed by atoms with E-state index in [2.05, 4.69) is 43.2 Å². The fraction of sp³-hybridized carbons (Fsp3) is 0.394. The zero-order valence-corrected chi connectivity index (χ0v) is 24.4. The first kappa shape index (κ1) is 27.7. The van der Waals surface area contributed by atoms with Gasteiger partial charge in [-0.05, 0) is 82.9 Å². The smallest absolute Gasteiger partial charge is 0.337 e. The number of hydrogen-bond acceptors (Lipinski definition) is 6. The highest BCUT2D eigenvalue weighted by molar-refractivity contribution is 6.02. The van der Waals surface area contributed by atoms with Crippen molar-refractivity contribution in [2.24, 2.45) is 0 Å². The number of ether oxygens (including phenoxy) is 3. The zero-order valence-electron chi connectivity index (χ0n) is 24.4. The quantitative estimate of drug-likeness (QED) is 0.353. The topological polar surface area (TPSA) is 89.7 Å². The molecule has 40 heavy (non-hydrogen) atoms. The van der Waals surface area contributed by atoms with E-state index < -0.39 is 29.6 Å². The second-order valence-corrected chi connectivity index (χ2v) is 11.7. The van der Waals surface area contributed by atoms with Crippen molar-refractivity contribution in [2.45, 2.75) is 72.5 Å². The number of nitrogens with one attached hydrogen (secondary N) is 2. The minimum absolute atomic E-state index is 0.163. The minimum atomic E-state index is -0.679. The second kappa shape index (κ2) is 10.6. The van der Waals surface area contributed by atoms with E-state index in [1.807, 2.05) is 51.2 Å². The summed E-state index contributed by atoms with van der Waals surface area (Å²) in [4.78, 5) is 30.8. The summed E-state index contributed by atoms with van der Waals surface area (Å²) in [5.41, 5.74) is 7.84. The molecule has 7 nitrogen and oxygen atoms in total. The van der Waals surface area contributed by atoms with Crippen LogP contribution in [0.15, 0.2) is 65.1 Å². The van der Waals surface area contributed by atoms with Gasteiger partial charge in [0.25, 0.3) is 0 Å². The van der Waals surface area contributed by atoms with E-state index in [-0.39, 0.29) is 13.2 Å². The lowest BCUT2D eigenvalue weighted by atomic mass is 9.77. The Morgan fingerprint density at radius 1 is 1.10 bits per heavy atom. The summed E-state index contributed by atoms with van der Waals surface area (Å²) >= 11 is 0. The molecule has 0 saturated heterocycles. The van der Waals surface area contributed by atoms with E-state index in [9.17, 15) is 9.59 Å². The average molecular weight is 543 g/mol. The maximum absolute atomic E-state index is 14.0. The molecular weight excluding hydrogens is 504 g/mol. The molecule has 2 unspecified atom stereocenters. The minimum Gasteiger partial charge on any atom is -0.463 e. The van der Waals surface area contributed by atoms with Crippen LogP contribution in [-0.4, -0.2) is 35.7 Å². The third kappa shape index (κ3) is 5.18. The van der Waals surface area contributed by atoms with Gasteiger partial charge in [0.2, 0.25) is 0 Å². The van der Waals surface area contributed by atoms with Crippen LogP contribution in [0.2, 0.25) is 0 Å². The van der Waals surface area contributed by atoms with E-state index >= 15 is 0 Å². The van der Waals surface area contributed by atoms with Crippen LogP contribution in [0.1, 0.15) is 74.0 Å².